The van der Waals surface area contributed by atoms with Gasteiger partial charge < -0.3 is 11.2 Å². The van der Waals surface area contributed by atoms with E-state index in [4.69, 9.17) is 0 Å². The Morgan fingerprint density at radius 3 is 1.24 bits per heavy atom. The molecule has 4 aromatic carbocycles. The SMILES string of the molecule is CC1(C)CCC(=O)CC(C)(C)P1c1ccccc1-c1ccccc1.CC1(C)CCCCC(C)(C)P1c1ccccc1-c1ccccc1.CN.[K+].[OH-]. The zero-order chi connectivity index (χ0) is 35.9. The largest absolute Gasteiger partial charge is 1.00 e. The Morgan fingerprint density at radius 2 is 0.824 bits per heavy atom. The molecular weight excluding hydrogens is 688 g/mol. The predicted octanol–water partition coefficient (Wildman–Crippen LogP) is 8.77. The smallest absolute Gasteiger partial charge is 0.870 e. The number of hydrogen-bond acceptors (Lipinski definition) is 3. The van der Waals surface area contributed by atoms with Gasteiger partial charge in [0.05, 0.1) is 0 Å². The Balaban J connectivity index is 0.000000325. The maximum Gasteiger partial charge on any atom is 1.00 e. The zero-order valence-electron chi connectivity index (χ0n) is 33.2. The molecule has 0 radical (unpaired) electrons. The first-order chi connectivity index (χ1) is 23.2. The average molecular weight is 750 g/mol. The summed E-state index contributed by atoms with van der Waals surface area (Å²) in [6.07, 6.45) is 7.88. The van der Waals surface area contributed by atoms with Crippen LogP contribution in [-0.4, -0.2) is 38.9 Å². The summed E-state index contributed by atoms with van der Waals surface area (Å²) >= 11 is 0. The summed E-state index contributed by atoms with van der Waals surface area (Å²) in [5.41, 5.74) is 9.92. The molecule has 2 saturated heterocycles. The van der Waals surface area contributed by atoms with Gasteiger partial charge in [-0.05, 0) is 79.8 Å². The second-order valence-corrected chi connectivity index (χ2v) is 23.3. The molecule has 2 heterocycles. The Hall–Kier alpha value is -1.03. The van der Waals surface area contributed by atoms with Gasteiger partial charge in [0.1, 0.15) is 5.78 Å². The number of benzene rings is 4. The fourth-order valence-corrected chi connectivity index (χ4v) is 17.2. The summed E-state index contributed by atoms with van der Waals surface area (Å²) in [5.74, 6) is 0.426. The van der Waals surface area contributed by atoms with Crippen molar-refractivity contribution in [2.45, 2.75) is 121 Å². The molecule has 6 heteroatoms. The quantitative estimate of drug-likeness (QED) is 0.168. The van der Waals surface area contributed by atoms with E-state index in [0.717, 1.165) is 12.8 Å². The minimum atomic E-state index is -0.472. The van der Waals surface area contributed by atoms with Crippen LogP contribution in [0.1, 0.15) is 100 Å². The van der Waals surface area contributed by atoms with E-state index in [-0.39, 0.29) is 75.1 Å². The van der Waals surface area contributed by atoms with E-state index in [1.807, 2.05) is 0 Å². The van der Waals surface area contributed by atoms with Crippen molar-refractivity contribution in [1.29, 1.82) is 0 Å². The topological polar surface area (TPSA) is 73.1 Å². The maximum absolute atomic E-state index is 12.3. The fraction of sp³-hybridized carbons (Fsp3) is 0.444. The van der Waals surface area contributed by atoms with Crippen LogP contribution >= 0.6 is 15.8 Å². The molecule has 0 amide bonds. The van der Waals surface area contributed by atoms with Crippen molar-refractivity contribution < 1.29 is 61.7 Å². The van der Waals surface area contributed by atoms with Crippen LogP contribution in [-0.2, 0) is 4.79 Å². The van der Waals surface area contributed by atoms with Crippen LogP contribution in [0.25, 0.3) is 22.3 Å². The molecule has 4 aromatic rings. The fourth-order valence-electron chi connectivity index (χ4n) is 8.55. The molecule has 1 unspecified atom stereocenters. The molecule has 270 valence electrons. The molecule has 51 heavy (non-hydrogen) atoms. The van der Waals surface area contributed by atoms with Crippen LogP contribution in [0.5, 0.6) is 0 Å². The summed E-state index contributed by atoms with van der Waals surface area (Å²) in [7, 11) is 0.804. The number of Topliss-reactive ketones (excluding diaryl/α,β-unsaturated/α-hetero) is 1. The minimum Gasteiger partial charge on any atom is -0.870 e. The third kappa shape index (κ3) is 11.5. The van der Waals surface area contributed by atoms with Gasteiger partial charge in [0.15, 0.2) is 0 Å². The molecule has 3 nitrogen and oxygen atoms in total. The number of rotatable bonds is 4. The molecule has 6 rings (SSSR count). The van der Waals surface area contributed by atoms with Gasteiger partial charge >= 0.3 is 51.4 Å². The maximum atomic E-state index is 12.3. The van der Waals surface area contributed by atoms with E-state index in [0.29, 0.717) is 22.5 Å². The molecule has 0 aliphatic carbocycles. The number of nitrogens with two attached hydrogens (primary N) is 1. The summed E-state index contributed by atoms with van der Waals surface area (Å²) in [4.78, 5) is 12.3. The van der Waals surface area contributed by atoms with Gasteiger partial charge in [-0.15, -0.1) is 0 Å². The summed E-state index contributed by atoms with van der Waals surface area (Å²) in [6.45, 7) is 19.3. The van der Waals surface area contributed by atoms with E-state index in [9.17, 15) is 4.79 Å². The molecule has 0 aromatic heterocycles. The van der Waals surface area contributed by atoms with Crippen molar-refractivity contribution in [3.05, 3.63) is 109 Å². The zero-order valence-corrected chi connectivity index (χ0v) is 38.1. The summed E-state index contributed by atoms with van der Waals surface area (Å²) in [5, 5.41) is 4.04. The monoisotopic (exact) mass is 749 g/mol. The second-order valence-electron chi connectivity index (χ2n) is 16.1. The van der Waals surface area contributed by atoms with E-state index in [1.165, 1.54) is 60.3 Å². The molecule has 1 atom stereocenters. The average Bonchev–Trinajstić information content (AvgIpc) is 3.24. The molecule has 3 N–H and O–H groups in total. The third-order valence-corrected chi connectivity index (χ3v) is 17.8. The Labute approximate surface area is 355 Å². The Kier molecular flexibility index (Phi) is 18.1. The Morgan fingerprint density at radius 1 is 0.490 bits per heavy atom. The van der Waals surface area contributed by atoms with Crippen LogP contribution in [0.15, 0.2) is 109 Å². The molecule has 0 bridgehead atoms. The normalized spacial score (nSPS) is 20.3. The van der Waals surface area contributed by atoms with Gasteiger partial charge in [-0.25, -0.2) is 0 Å². The van der Waals surface area contributed by atoms with Gasteiger partial charge in [0, 0.05) is 12.8 Å². The standard InChI is InChI=1S/C22H27OP.C22H29P.CH5N.K.H2O/c1-21(2)15-14-18(23)16-22(3,4)24(21)20-13-9-8-12-19(20)17-10-6-5-7-11-17;1-21(2)16-10-11-17-22(3,4)23(21)20-15-9-8-14-19(20)18-12-6-5-7-13-18;1-2;;/h5-13H,14-16H2,1-4H3;5-9,12-15H,10-11,16-17H2,1-4H3;2H2,1H3;;1H2/q;;;+1;/p-1. The number of ketones is 1. The second kappa shape index (κ2) is 20.0. The number of carbonyl (C=O) groups excluding carboxylic acids is 1. The summed E-state index contributed by atoms with van der Waals surface area (Å²) < 4.78 is 0. The summed E-state index contributed by atoms with van der Waals surface area (Å²) in [6, 6.07) is 39.6. The van der Waals surface area contributed by atoms with Gasteiger partial charge in [-0.2, -0.15) is 0 Å². The first kappa shape index (κ1) is 46.1. The molecule has 0 spiro atoms. The van der Waals surface area contributed by atoms with Gasteiger partial charge in [0.2, 0.25) is 0 Å². The van der Waals surface area contributed by atoms with E-state index in [2.05, 4.69) is 170 Å². The molecular formula is C45H62KNO2P2. The van der Waals surface area contributed by atoms with Crippen molar-refractivity contribution in [2.24, 2.45) is 5.73 Å². The van der Waals surface area contributed by atoms with Crippen molar-refractivity contribution in [3.63, 3.8) is 0 Å². The van der Waals surface area contributed by atoms with Crippen LogP contribution in [0.3, 0.4) is 0 Å². The van der Waals surface area contributed by atoms with Crippen molar-refractivity contribution in [1.82, 2.24) is 0 Å². The molecule has 0 saturated carbocycles. The predicted molar refractivity (Wildman–Crippen MR) is 223 cm³/mol. The van der Waals surface area contributed by atoms with Crippen molar-refractivity contribution in [2.75, 3.05) is 7.05 Å². The first-order valence-electron chi connectivity index (χ1n) is 18.2. The number of hydrogen-bond donors (Lipinski definition) is 1. The van der Waals surface area contributed by atoms with E-state index in [1.54, 1.807) is 5.30 Å². The van der Waals surface area contributed by atoms with E-state index < -0.39 is 7.92 Å². The Bertz CT molecular complexity index is 1640. The van der Waals surface area contributed by atoms with Gasteiger partial charge in [-0.1, -0.05) is 193 Å². The van der Waals surface area contributed by atoms with Crippen LogP contribution in [0.4, 0.5) is 0 Å². The molecule has 2 fully saturated rings. The third-order valence-electron chi connectivity index (χ3n) is 10.4. The molecule has 2 aliphatic rings. The van der Waals surface area contributed by atoms with Gasteiger partial charge in [-0.3, -0.25) is 4.79 Å². The van der Waals surface area contributed by atoms with Gasteiger partial charge in [0.25, 0.3) is 0 Å². The van der Waals surface area contributed by atoms with Crippen molar-refractivity contribution >= 4 is 32.2 Å². The van der Waals surface area contributed by atoms with Crippen LogP contribution in [0.2, 0.25) is 0 Å². The number of carbonyl (C=O) groups is 1. The minimum absolute atomic E-state index is 0. The first-order valence-corrected chi connectivity index (χ1v) is 20.9. The van der Waals surface area contributed by atoms with Crippen LogP contribution < -0.4 is 67.7 Å². The van der Waals surface area contributed by atoms with Crippen LogP contribution in [0, 0.1) is 0 Å². The van der Waals surface area contributed by atoms with E-state index >= 15 is 0 Å². The van der Waals surface area contributed by atoms with Crippen molar-refractivity contribution in [3.8, 4) is 22.3 Å². The molecule has 2 aliphatic heterocycles.